The van der Waals surface area contributed by atoms with Crippen LogP contribution < -0.4 is 5.32 Å². The topological polar surface area (TPSA) is 76.7 Å². The summed E-state index contributed by atoms with van der Waals surface area (Å²) < 4.78 is 42.1. The molecule has 124 valence electrons. The van der Waals surface area contributed by atoms with Crippen LogP contribution in [0.25, 0.3) is 11.4 Å². The first-order chi connectivity index (χ1) is 11.4. The van der Waals surface area contributed by atoms with Crippen molar-refractivity contribution in [3.8, 4) is 11.4 Å². The molecule has 0 saturated carbocycles. The Labute approximate surface area is 134 Å². The van der Waals surface area contributed by atoms with Crippen molar-refractivity contribution in [2.45, 2.75) is 19.6 Å². The molecule has 0 fully saturated rings. The van der Waals surface area contributed by atoms with Crippen LogP contribution in [0.15, 0.2) is 41.2 Å². The Morgan fingerprint density at radius 1 is 1.08 bits per heavy atom. The fourth-order valence-corrected chi connectivity index (χ4v) is 1.95. The highest BCUT2D eigenvalue weighted by Gasteiger charge is 2.32. The quantitative estimate of drug-likeness (QED) is 0.787. The third-order valence-corrected chi connectivity index (χ3v) is 3.16. The van der Waals surface area contributed by atoms with E-state index >= 15 is 0 Å². The molecule has 0 radical (unpaired) electrons. The van der Waals surface area contributed by atoms with Crippen molar-refractivity contribution < 1.29 is 17.7 Å². The van der Waals surface area contributed by atoms with Crippen molar-refractivity contribution in [2.24, 2.45) is 0 Å². The highest BCUT2D eigenvalue weighted by molar-refractivity contribution is 5.54. The fraction of sp³-hybridized carbons (Fsp3) is 0.200. The first-order valence-corrected chi connectivity index (χ1v) is 6.94. The van der Waals surface area contributed by atoms with Crippen LogP contribution in [-0.4, -0.2) is 20.1 Å². The number of benzene rings is 1. The lowest BCUT2D eigenvalue weighted by molar-refractivity contribution is -0.141. The van der Waals surface area contributed by atoms with Crippen molar-refractivity contribution in [3.05, 3.63) is 53.8 Å². The molecule has 0 unspecified atom stereocenters. The summed E-state index contributed by atoms with van der Waals surface area (Å²) >= 11 is 0. The van der Waals surface area contributed by atoms with E-state index in [1.807, 2.05) is 24.3 Å². The van der Waals surface area contributed by atoms with Gasteiger partial charge in [0.1, 0.15) is 5.82 Å². The van der Waals surface area contributed by atoms with E-state index in [9.17, 15) is 13.2 Å². The van der Waals surface area contributed by atoms with Crippen LogP contribution in [0.5, 0.6) is 0 Å². The molecule has 2 aromatic heterocycles. The van der Waals surface area contributed by atoms with E-state index in [-0.39, 0.29) is 5.82 Å². The zero-order chi connectivity index (χ0) is 17.2. The van der Waals surface area contributed by atoms with E-state index in [1.165, 1.54) is 0 Å². The lowest BCUT2D eigenvalue weighted by Gasteiger charge is -2.08. The third-order valence-electron chi connectivity index (χ3n) is 3.16. The van der Waals surface area contributed by atoms with Gasteiger partial charge in [0.15, 0.2) is 5.69 Å². The molecule has 0 bridgehead atoms. The molecular formula is C15H12F3N5O. The summed E-state index contributed by atoms with van der Waals surface area (Å²) in [6, 6.07) is 7.37. The first-order valence-electron chi connectivity index (χ1n) is 6.94. The highest BCUT2D eigenvalue weighted by Crippen LogP contribution is 2.27. The molecule has 3 rings (SSSR count). The number of halogens is 3. The maximum absolute atomic E-state index is 12.4. The van der Waals surface area contributed by atoms with Gasteiger partial charge in [-0.15, -0.1) is 0 Å². The van der Waals surface area contributed by atoms with E-state index < -0.39 is 11.9 Å². The largest absolute Gasteiger partial charge is 0.434 e. The van der Waals surface area contributed by atoms with Crippen molar-refractivity contribution in [1.82, 2.24) is 20.1 Å². The second-order valence-corrected chi connectivity index (χ2v) is 4.97. The molecule has 0 saturated heterocycles. The number of alkyl halides is 3. The summed E-state index contributed by atoms with van der Waals surface area (Å²) in [5, 5.41) is 6.74. The predicted octanol–water partition coefficient (Wildman–Crippen LogP) is 3.47. The highest BCUT2D eigenvalue weighted by atomic mass is 19.4. The molecule has 2 heterocycles. The summed E-state index contributed by atoms with van der Waals surface area (Å²) in [5.74, 6) is 1.25. The predicted molar refractivity (Wildman–Crippen MR) is 78.8 cm³/mol. The number of rotatable bonds is 4. The number of hydrogen-bond donors (Lipinski definition) is 1. The number of nitrogens with zero attached hydrogens (tertiary/aromatic N) is 4. The Kier molecular flexibility index (Phi) is 4.15. The molecule has 0 amide bonds. The molecule has 3 aromatic rings. The Hall–Kier alpha value is -2.97. The molecule has 6 nitrogen and oxygen atoms in total. The van der Waals surface area contributed by atoms with Crippen LogP contribution >= 0.6 is 0 Å². The number of anilines is 1. The minimum atomic E-state index is -4.49. The molecule has 0 atom stereocenters. The zero-order valence-corrected chi connectivity index (χ0v) is 12.5. The van der Waals surface area contributed by atoms with Crippen molar-refractivity contribution in [3.63, 3.8) is 0 Å². The van der Waals surface area contributed by atoms with Crippen LogP contribution in [0, 0.1) is 6.92 Å². The molecule has 1 N–H and O–H groups in total. The van der Waals surface area contributed by atoms with E-state index in [0.717, 1.165) is 17.3 Å². The summed E-state index contributed by atoms with van der Waals surface area (Å²) in [6.45, 7) is 2.10. The van der Waals surface area contributed by atoms with Crippen molar-refractivity contribution in [1.29, 1.82) is 0 Å². The average molecular weight is 335 g/mol. The van der Waals surface area contributed by atoms with Crippen LogP contribution in [-0.2, 0) is 12.7 Å². The van der Waals surface area contributed by atoms with Gasteiger partial charge < -0.3 is 9.84 Å². The molecule has 0 aliphatic heterocycles. The third kappa shape index (κ3) is 3.67. The van der Waals surface area contributed by atoms with Gasteiger partial charge in [0.2, 0.25) is 11.7 Å². The lowest BCUT2D eigenvalue weighted by atomic mass is 10.1. The lowest BCUT2D eigenvalue weighted by Crippen LogP contribution is -2.09. The molecule has 0 aliphatic rings. The van der Waals surface area contributed by atoms with Gasteiger partial charge in [-0.1, -0.05) is 29.4 Å². The Bertz CT molecular complexity index is 812. The molecular weight excluding hydrogens is 323 g/mol. The summed E-state index contributed by atoms with van der Waals surface area (Å²) in [5.41, 5.74) is 0.707. The fourth-order valence-electron chi connectivity index (χ4n) is 1.95. The van der Waals surface area contributed by atoms with Crippen LogP contribution in [0.2, 0.25) is 0 Å². The zero-order valence-electron chi connectivity index (χ0n) is 12.5. The number of aromatic nitrogens is 4. The number of hydrogen-bond acceptors (Lipinski definition) is 6. The van der Waals surface area contributed by atoms with E-state index in [0.29, 0.717) is 24.5 Å². The average Bonchev–Trinajstić information content (AvgIpc) is 2.99. The SMILES string of the molecule is Cc1nc(-c2ccc(CNc3cnc(C(F)(F)F)cn3)cc2)no1. The van der Waals surface area contributed by atoms with Crippen LogP contribution in [0.3, 0.4) is 0 Å². The van der Waals surface area contributed by atoms with Gasteiger partial charge in [-0.2, -0.15) is 18.2 Å². The molecule has 24 heavy (non-hydrogen) atoms. The molecule has 1 aromatic carbocycles. The second-order valence-electron chi connectivity index (χ2n) is 4.97. The van der Waals surface area contributed by atoms with E-state index in [4.69, 9.17) is 4.52 Å². The summed E-state index contributed by atoms with van der Waals surface area (Å²) in [6.07, 6.45) is -2.74. The van der Waals surface area contributed by atoms with E-state index in [1.54, 1.807) is 6.92 Å². The maximum Gasteiger partial charge on any atom is 0.434 e. The molecule has 0 aliphatic carbocycles. The minimum Gasteiger partial charge on any atom is -0.365 e. The Morgan fingerprint density at radius 2 is 1.83 bits per heavy atom. The Balaban J connectivity index is 1.62. The standard InChI is InChI=1S/C15H12F3N5O/c1-9-22-14(23-24-9)11-4-2-10(3-5-11)6-20-13-8-19-12(7-21-13)15(16,17)18/h2-5,7-8H,6H2,1H3,(H,20,21). The van der Waals surface area contributed by atoms with Gasteiger partial charge in [-0.25, -0.2) is 9.97 Å². The summed E-state index contributed by atoms with van der Waals surface area (Å²) in [7, 11) is 0. The first kappa shape index (κ1) is 15.9. The monoisotopic (exact) mass is 335 g/mol. The van der Waals surface area contributed by atoms with E-state index in [2.05, 4.69) is 25.4 Å². The number of nitrogens with one attached hydrogen (secondary N) is 1. The van der Waals surface area contributed by atoms with Crippen LogP contribution in [0.1, 0.15) is 17.1 Å². The van der Waals surface area contributed by atoms with Gasteiger partial charge >= 0.3 is 6.18 Å². The number of aryl methyl sites for hydroxylation is 1. The van der Waals surface area contributed by atoms with Gasteiger partial charge in [0.25, 0.3) is 0 Å². The molecule has 0 spiro atoms. The van der Waals surface area contributed by atoms with Gasteiger partial charge in [0, 0.05) is 19.0 Å². The normalized spacial score (nSPS) is 11.5. The smallest absolute Gasteiger partial charge is 0.365 e. The minimum absolute atomic E-state index is 0.265. The van der Waals surface area contributed by atoms with Gasteiger partial charge in [0.05, 0.1) is 12.4 Å². The summed E-state index contributed by atoms with van der Waals surface area (Å²) in [4.78, 5) is 11.2. The second kappa shape index (κ2) is 6.26. The maximum atomic E-state index is 12.4. The van der Waals surface area contributed by atoms with Gasteiger partial charge in [-0.3, -0.25) is 0 Å². The van der Waals surface area contributed by atoms with Gasteiger partial charge in [-0.05, 0) is 5.56 Å². The van der Waals surface area contributed by atoms with Crippen molar-refractivity contribution in [2.75, 3.05) is 5.32 Å². The van der Waals surface area contributed by atoms with Crippen LogP contribution in [0.4, 0.5) is 19.0 Å². The molecule has 9 heteroatoms. The van der Waals surface area contributed by atoms with Crippen molar-refractivity contribution >= 4 is 5.82 Å². The Morgan fingerprint density at radius 3 is 2.38 bits per heavy atom.